The van der Waals surface area contributed by atoms with Crippen molar-refractivity contribution in [2.75, 3.05) is 12.9 Å². The number of benzene rings is 2. The Balaban J connectivity index is 1.82. The molecule has 0 aliphatic carbocycles. The fourth-order valence-corrected chi connectivity index (χ4v) is 3.31. The summed E-state index contributed by atoms with van der Waals surface area (Å²) in [6.45, 7) is 1.69. The average Bonchev–Trinajstić information content (AvgIpc) is 2.88. The maximum absolute atomic E-state index is 12.5. The van der Waals surface area contributed by atoms with Crippen LogP contribution >= 0.6 is 0 Å². The van der Waals surface area contributed by atoms with E-state index in [1.165, 1.54) is 12.1 Å². The summed E-state index contributed by atoms with van der Waals surface area (Å²) >= 11 is 0. The summed E-state index contributed by atoms with van der Waals surface area (Å²) < 4.78 is 28.7. The highest BCUT2D eigenvalue weighted by Crippen LogP contribution is 2.23. The molecule has 0 aliphatic rings. The Bertz CT molecular complexity index is 1020. The molecule has 0 spiro atoms. The second-order valence-corrected chi connectivity index (χ2v) is 7.65. The van der Waals surface area contributed by atoms with Crippen LogP contribution in [-0.2, 0) is 9.84 Å². The predicted octanol–water partition coefficient (Wildman–Crippen LogP) is 3.14. The fraction of sp³-hybridized carbons (Fsp3) is 0.167. The van der Waals surface area contributed by atoms with Gasteiger partial charge in [-0.2, -0.15) is 0 Å². The van der Waals surface area contributed by atoms with E-state index in [-0.39, 0.29) is 17.3 Å². The lowest BCUT2D eigenvalue weighted by Gasteiger charge is -2.07. The normalized spacial score (nSPS) is 11.6. The molecule has 3 aromatic rings. The molecule has 2 aromatic carbocycles. The Labute approximate surface area is 140 Å². The third kappa shape index (κ3) is 3.19. The van der Waals surface area contributed by atoms with Gasteiger partial charge in [0.1, 0.15) is 5.75 Å². The maximum atomic E-state index is 12.5. The highest BCUT2D eigenvalue weighted by molar-refractivity contribution is 7.90. The predicted molar refractivity (Wildman–Crippen MR) is 92.4 cm³/mol. The van der Waals surface area contributed by atoms with E-state index in [2.05, 4.69) is 4.98 Å². The van der Waals surface area contributed by atoms with Crippen LogP contribution in [0.3, 0.4) is 0 Å². The Hall–Kier alpha value is -2.60. The summed E-state index contributed by atoms with van der Waals surface area (Å²) in [5.74, 6) is 0.193. The van der Waals surface area contributed by atoms with Crippen LogP contribution in [0.15, 0.2) is 53.4 Å². The van der Waals surface area contributed by atoms with E-state index in [1.807, 2.05) is 31.2 Å². The number of carbonyl (C=O) groups excluding carboxylic acids is 1. The number of fused-ring (bicyclic) bond motifs is 1. The van der Waals surface area contributed by atoms with Gasteiger partial charge in [0.05, 0.1) is 4.90 Å². The zero-order valence-corrected chi connectivity index (χ0v) is 14.2. The van der Waals surface area contributed by atoms with Gasteiger partial charge in [0.15, 0.2) is 16.4 Å². The smallest absolute Gasteiger partial charge is 0.202 e. The minimum Gasteiger partial charge on any atom is -0.485 e. The molecule has 0 saturated heterocycles. The van der Waals surface area contributed by atoms with Gasteiger partial charge in [0, 0.05) is 28.4 Å². The SMILES string of the molecule is Cc1[nH]c2ccccc2c1C(=O)COc1cccc(S(C)(=O)=O)c1. The van der Waals surface area contributed by atoms with Crippen LogP contribution in [0.25, 0.3) is 10.9 Å². The van der Waals surface area contributed by atoms with Crippen LogP contribution < -0.4 is 4.74 Å². The Morgan fingerprint density at radius 1 is 1.12 bits per heavy atom. The number of para-hydroxylation sites is 1. The molecule has 0 radical (unpaired) electrons. The number of aromatic nitrogens is 1. The number of carbonyl (C=O) groups is 1. The molecule has 6 heteroatoms. The topological polar surface area (TPSA) is 76.2 Å². The molecule has 0 saturated carbocycles. The van der Waals surface area contributed by atoms with Gasteiger partial charge < -0.3 is 9.72 Å². The molecule has 0 bridgehead atoms. The maximum Gasteiger partial charge on any atom is 0.202 e. The van der Waals surface area contributed by atoms with Crippen molar-refractivity contribution in [3.05, 3.63) is 59.8 Å². The number of ketones is 1. The van der Waals surface area contributed by atoms with Crippen LogP contribution in [0.2, 0.25) is 0 Å². The second kappa shape index (κ2) is 6.13. The first-order valence-corrected chi connectivity index (χ1v) is 9.29. The number of sulfone groups is 1. The number of nitrogens with one attached hydrogen (secondary N) is 1. The third-order valence-corrected chi connectivity index (χ3v) is 4.89. The van der Waals surface area contributed by atoms with E-state index < -0.39 is 9.84 Å². The molecular formula is C18H17NO4S. The Kier molecular flexibility index (Phi) is 4.15. The first-order chi connectivity index (χ1) is 11.4. The minimum atomic E-state index is -3.31. The molecule has 1 aromatic heterocycles. The van der Waals surface area contributed by atoms with Crippen molar-refractivity contribution in [3.8, 4) is 5.75 Å². The lowest BCUT2D eigenvalue weighted by molar-refractivity contribution is 0.0922. The van der Waals surface area contributed by atoms with Gasteiger partial charge in [-0.1, -0.05) is 24.3 Å². The van der Waals surface area contributed by atoms with Gasteiger partial charge in [-0.15, -0.1) is 0 Å². The van der Waals surface area contributed by atoms with Crippen molar-refractivity contribution >= 4 is 26.5 Å². The van der Waals surface area contributed by atoms with Gasteiger partial charge in [0.2, 0.25) is 5.78 Å². The molecule has 3 rings (SSSR count). The number of aryl methyl sites for hydroxylation is 1. The van der Waals surface area contributed by atoms with Crippen LogP contribution in [0.1, 0.15) is 16.1 Å². The van der Waals surface area contributed by atoms with Crippen molar-refractivity contribution < 1.29 is 17.9 Å². The fourth-order valence-electron chi connectivity index (χ4n) is 2.65. The van der Waals surface area contributed by atoms with Crippen molar-refractivity contribution in [1.82, 2.24) is 4.98 Å². The highest BCUT2D eigenvalue weighted by Gasteiger charge is 2.16. The first-order valence-electron chi connectivity index (χ1n) is 7.39. The second-order valence-electron chi connectivity index (χ2n) is 5.63. The van der Waals surface area contributed by atoms with Crippen molar-refractivity contribution in [2.45, 2.75) is 11.8 Å². The number of hydrogen-bond donors (Lipinski definition) is 1. The zero-order valence-electron chi connectivity index (χ0n) is 13.4. The standard InChI is InChI=1S/C18H17NO4S/c1-12-18(15-8-3-4-9-16(15)19-12)17(20)11-23-13-6-5-7-14(10-13)24(2,21)22/h3-10,19H,11H2,1-2H3. The number of rotatable bonds is 5. The summed E-state index contributed by atoms with van der Waals surface area (Å²) in [5, 5.41) is 0.855. The molecule has 124 valence electrons. The summed E-state index contributed by atoms with van der Waals surface area (Å²) in [5.41, 5.74) is 2.29. The van der Waals surface area contributed by atoms with E-state index in [9.17, 15) is 13.2 Å². The van der Waals surface area contributed by atoms with E-state index in [1.54, 1.807) is 12.1 Å². The molecule has 24 heavy (non-hydrogen) atoms. The van der Waals surface area contributed by atoms with Crippen molar-refractivity contribution in [2.24, 2.45) is 0 Å². The summed E-state index contributed by atoms with van der Waals surface area (Å²) in [6.07, 6.45) is 1.13. The number of ether oxygens (including phenoxy) is 1. The molecule has 1 N–H and O–H groups in total. The van der Waals surface area contributed by atoms with Crippen molar-refractivity contribution in [3.63, 3.8) is 0 Å². The minimum absolute atomic E-state index is 0.157. The number of H-pyrrole nitrogens is 1. The van der Waals surface area contributed by atoms with Gasteiger partial charge in [-0.25, -0.2) is 8.42 Å². The van der Waals surface area contributed by atoms with Crippen LogP contribution in [0.5, 0.6) is 5.75 Å². The third-order valence-electron chi connectivity index (χ3n) is 3.78. The van der Waals surface area contributed by atoms with Crippen LogP contribution in [0, 0.1) is 6.92 Å². The lowest BCUT2D eigenvalue weighted by Crippen LogP contribution is -2.12. The van der Waals surface area contributed by atoms with Gasteiger partial charge in [0.25, 0.3) is 0 Å². The largest absolute Gasteiger partial charge is 0.485 e. The number of Topliss-reactive ketones (excluding diaryl/α,β-unsaturated/α-hetero) is 1. The van der Waals surface area contributed by atoms with E-state index in [0.717, 1.165) is 22.9 Å². The molecule has 1 heterocycles. The van der Waals surface area contributed by atoms with Crippen LogP contribution in [-0.4, -0.2) is 32.0 Å². The molecule has 5 nitrogen and oxygen atoms in total. The van der Waals surface area contributed by atoms with Crippen LogP contribution in [0.4, 0.5) is 0 Å². The molecule has 0 amide bonds. The molecular weight excluding hydrogens is 326 g/mol. The highest BCUT2D eigenvalue weighted by atomic mass is 32.2. The van der Waals surface area contributed by atoms with Gasteiger partial charge in [-0.3, -0.25) is 4.79 Å². The van der Waals surface area contributed by atoms with E-state index >= 15 is 0 Å². The molecule has 0 aliphatic heterocycles. The summed E-state index contributed by atoms with van der Waals surface area (Å²) in [4.78, 5) is 15.9. The Morgan fingerprint density at radius 3 is 2.62 bits per heavy atom. The zero-order chi connectivity index (χ0) is 17.3. The van der Waals surface area contributed by atoms with Gasteiger partial charge in [-0.05, 0) is 31.2 Å². The summed E-state index contributed by atoms with van der Waals surface area (Å²) in [6, 6.07) is 13.7. The number of aromatic amines is 1. The van der Waals surface area contributed by atoms with Crippen molar-refractivity contribution in [1.29, 1.82) is 0 Å². The quantitative estimate of drug-likeness (QED) is 0.722. The van der Waals surface area contributed by atoms with Gasteiger partial charge >= 0.3 is 0 Å². The first kappa shape index (κ1) is 16.3. The Morgan fingerprint density at radius 2 is 1.88 bits per heavy atom. The summed E-state index contributed by atoms with van der Waals surface area (Å²) in [7, 11) is -3.31. The van der Waals surface area contributed by atoms with E-state index in [4.69, 9.17) is 4.74 Å². The number of hydrogen-bond acceptors (Lipinski definition) is 4. The molecule has 0 fully saturated rings. The lowest BCUT2D eigenvalue weighted by atomic mass is 10.1. The molecule has 0 atom stereocenters. The average molecular weight is 343 g/mol. The monoisotopic (exact) mass is 343 g/mol. The molecule has 0 unspecified atom stereocenters. The van der Waals surface area contributed by atoms with E-state index in [0.29, 0.717) is 11.3 Å².